The Labute approximate surface area is 164 Å². The van der Waals surface area contributed by atoms with Crippen LogP contribution in [0.5, 0.6) is 0 Å². The SMILES string of the molecule is Cc1cc(CN)cc(C)c1-c1ncn(C)c1-c1ccc(C#N)c2ccccc12. The van der Waals surface area contributed by atoms with Gasteiger partial charge in [-0.25, -0.2) is 4.98 Å². The van der Waals surface area contributed by atoms with Crippen molar-refractivity contribution >= 4 is 10.8 Å². The van der Waals surface area contributed by atoms with Crippen molar-refractivity contribution in [1.82, 2.24) is 9.55 Å². The van der Waals surface area contributed by atoms with E-state index in [0.717, 1.165) is 38.9 Å². The first-order valence-corrected chi connectivity index (χ1v) is 9.29. The molecule has 0 aliphatic carbocycles. The van der Waals surface area contributed by atoms with Gasteiger partial charge in [-0.15, -0.1) is 0 Å². The number of aromatic nitrogens is 2. The molecular weight excluding hydrogens is 344 g/mol. The van der Waals surface area contributed by atoms with Gasteiger partial charge in [0.15, 0.2) is 0 Å². The van der Waals surface area contributed by atoms with E-state index in [2.05, 4.69) is 42.7 Å². The summed E-state index contributed by atoms with van der Waals surface area (Å²) in [7, 11) is 2.01. The third-order valence-corrected chi connectivity index (χ3v) is 5.30. The van der Waals surface area contributed by atoms with Crippen molar-refractivity contribution in [1.29, 1.82) is 5.26 Å². The highest BCUT2D eigenvalue weighted by atomic mass is 15.0. The Morgan fingerprint density at radius 1 is 1.04 bits per heavy atom. The van der Waals surface area contributed by atoms with Gasteiger partial charge < -0.3 is 10.3 Å². The third-order valence-electron chi connectivity index (χ3n) is 5.30. The Balaban J connectivity index is 2.03. The summed E-state index contributed by atoms with van der Waals surface area (Å²) in [5, 5.41) is 11.5. The molecule has 0 aliphatic rings. The van der Waals surface area contributed by atoms with E-state index in [9.17, 15) is 5.26 Å². The fourth-order valence-corrected chi connectivity index (χ4v) is 4.08. The zero-order chi connectivity index (χ0) is 19.8. The average Bonchev–Trinajstić information content (AvgIpc) is 3.07. The van der Waals surface area contributed by atoms with E-state index in [1.807, 2.05) is 43.7 Å². The highest BCUT2D eigenvalue weighted by Crippen LogP contribution is 2.38. The second-order valence-corrected chi connectivity index (χ2v) is 7.18. The summed E-state index contributed by atoms with van der Waals surface area (Å²) in [5.74, 6) is 0. The lowest BCUT2D eigenvalue weighted by molar-refractivity contribution is 0.922. The molecule has 0 amide bonds. The number of nitriles is 1. The molecule has 0 spiro atoms. The van der Waals surface area contributed by atoms with Crippen LogP contribution in [0.25, 0.3) is 33.3 Å². The van der Waals surface area contributed by atoms with Gasteiger partial charge in [-0.2, -0.15) is 5.26 Å². The van der Waals surface area contributed by atoms with Crippen molar-refractivity contribution in [2.45, 2.75) is 20.4 Å². The fraction of sp³-hybridized carbons (Fsp3) is 0.167. The zero-order valence-electron chi connectivity index (χ0n) is 16.3. The van der Waals surface area contributed by atoms with Gasteiger partial charge in [0.2, 0.25) is 0 Å². The number of imidazole rings is 1. The third kappa shape index (κ3) is 2.77. The lowest BCUT2D eigenvalue weighted by atomic mass is 9.92. The number of rotatable bonds is 3. The largest absolute Gasteiger partial charge is 0.333 e. The van der Waals surface area contributed by atoms with Gasteiger partial charge >= 0.3 is 0 Å². The van der Waals surface area contributed by atoms with Crippen LogP contribution in [-0.2, 0) is 13.6 Å². The van der Waals surface area contributed by atoms with Crippen LogP contribution in [-0.4, -0.2) is 9.55 Å². The summed E-state index contributed by atoms with van der Waals surface area (Å²) >= 11 is 0. The fourth-order valence-electron chi connectivity index (χ4n) is 4.08. The number of benzene rings is 3. The normalized spacial score (nSPS) is 11.0. The summed E-state index contributed by atoms with van der Waals surface area (Å²) in [5.41, 5.74) is 14.2. The summed E-state index contributed by atoms with van der Waals surface area (Å²) < 4.78 is 2.05. The minimum Gasteiger partial charge on any atom is -0.333 e. The van der Waals surface area contributed by atoms with Crippen LogP contribution >= 0.6 is 0 Å². The molecule has 4 heteroatoms. The van der Waals surface area contributed by atoms with Crippen molar-refractivity contribution in [3.63, 3.8) is 0 Å². The zero-order valence-corrected chi connectivity index (χ0v) is 16.3. The maximum atomic E-state index is 9.49. The van der Waals surface area contributed by atoms with Crippen LogP contribution in [0.3, 0.4) is 0 Å². The summed E-state index contributed by atoms with van der Waals surface area (Å²) in [6, 6.07) is 18.5. The average molecular weight is 366 g/mol. The van der Waals surface area contributed by atoms with Crippen molar-refractivity contribution in [2.24, 2.45) is 12.8 Å². The lowest BCUT2D eigenvalue weighted by Gasteiger charge is -2.15. The number of nitrogens with zero attached hydrogens (tertiary/aromatic N) is 3. The molecule has 3 aromatic carbocycles. The van der Waals surface area contributed by atoms with Crippen molar-refractivity contribution < 1.29 is 0 Å². The Hall–Kier alpha value is -3.42. The molecule has 0 aliphatic heterocycles. The molecule has 2 N–H and O–H groups in total. The number of aryl methyl sites for hydroxylation is 3. The minimum absolute atomic E-state index is 0.525. The molecule has 1 aromatic heterocycles. The summed E-state index contributed by atoms with van der Waals surface area (Å²) in [6.07, 6.45) is 1.85. The molecule has 0 radical (unpaired) electrons. The highest BCUT2D eigenvalue weighted by molar-refractivity contribution is 6.01. The smallest absolute Gasteiger partial charge is 0.0998 e. The first-order valence-electron chi connectivity index (χ1n) is 9.29. The molecule has 0 unspecified atom stereocenters. The van der Waals surface area contributed by atoms with E-state index in [1.54, 1.807) is 0 Å². The highest BCUT2D eigenvalue weighted by Gasteiger charge is 2.19. The molecule has 138 valence electrons. The Kier molecular flexibility index (Phi) is 4.46. The van der Waals surface area contributed by atoms with Crippen LogP contribution in [0, 0.1) is 25.2 Å². The van der Waals surface area contributed by atoms with Crippen LogP contribution in [0.15, 0.2) is 54.9 Å². The minimum atomic E-state index is 0.525. The second kappa shape index (κ2) is 6.95. The Morgan fingerprint density at radius 3 is 2.36 bits per heavy atom. The summed E-state index contributed by atoms with van der Waals surface area (Å²) in [6.45, 7) is 4.74. The quantitative estimate of drug-likeness (QED) is 0.563. The number of hydrogen-bond donors (Lipinski definition) is 1. The molecule has 0 fully saturated rings. The Bertz CT molecular complexity index is 1220. The van der Waals surface area contributed by atoms with Gasteiger partial charge in [0.25, 0.3) is 0 Å². The molecule has 4 nitrogen and oxygen atoms in total. The molecule has 4 aromatic rings. The molecule has 0 saturated heterocycles. The van der Waals surface area contributed by atoms with Gasteiger partial charge in [0, 0.05) is 30.1 Å². The van der Waals surface area contributed by atoms with Crippen LogP contribution < -0.4 is 5.73 Å². The standard InChI is InChI=1S/C24H22N4/c1-15-10-17(12-25)11-16(2)22(15)23-24(28(3)14-27-23)21-9-8-18(13-26)19-6-4-5-7-20(19)21/h4-11,14H,12,25H2,1-3H3. The van der Waals surface area contributed by atoms with Crippen LogP contribution in [0.1, 0.15) is 22.3 Å². The number of nitrogens with two attached hydrogens (primary N) is 1. The van der Waals surface area contributed by atoms with Crippen LogP contribution in [0.4, 0.5) is 0 Å². The maximum absolute atomic E-state index is 9.49. The van der Waals surface area contributed by atoms with Gasteiger partial charge in [-0.3, -0.25) is 0 Å². The van der Waals surface area contributed by atoms with E-state index in [4.69, 9.17) is 10.7 Å². The molecule has 0 atom stereocenters. The van der Waals surface area contributed by atoms with Gasteiger partial charge in [0.05, 0.1) is 29.3 Å². The first-order chi connectivity index (χ1) is 13.5. The predicted molar refractivity (Wildman–Crippen MR) is 114 cm³/mol. The molecule has 28 heavy (non-hydrogen) atoms. The van der Waals surface area contributed by atoms with E-state index < -0.39 is 0 Å². The van der Waals surface area contributed by atoms with Crippen molar-refractivity contribution in [3.8, 4) is 28.6 Å². The molecule has 0 saturated carbocycles. The van der Waals surface area contributed by atoms with E-state index in [-0.39, 0.29) is 0 Å². The van der Waals surface area contributed by atoms with E-state index in [0.29, 0.717) is 12.1 Å². The number of hydrogen-bond acceptors (Lipinski definition) is 3. The van der Waals surface area contributed by atoms with Crippen molar-refractivity contribution in [2.75, 3.05) is 0 Å². The van der Waals surface area contributed by atoms with Gasteiger partial charge in [0.1, 0.15) is 0 Å². The van der Waals surface area contributed by atoms with Crippen molar-refractivity contribution in [3.05, 3.63) is 77.1 Å². The Morgan fingerprint density at radius 2 is 1.71 bits per heavy atom. The molecule has 4 rings (SSSR count). The van der Waals surface area contributed by atoms with E-state index in [1.165, 1.54) is 11.1 Å². The van der Waals surface area contributed by atoms with Gasteiger partial charge in [-0.1, -0.05) is 42.5 Å². The lowest BCUT2D eigenvalue weighted by Crippen LogP contribution is -2.00. The second-order valence-electron chi connectivity index (χ2n) is 7.18. The molecule has 0 bridgehead atoms. The molecule has 1 heterocycles. The van der Waals surface area contributed by atoms with E-state index >= 15 is 0 Å². The predicted octanol–water partition coefficient (Wildman–Crippen LogP) is 4.85. The number of fused-ring (bicyclic) bond motifs is 1. The van der Waals surface area contributed by atoms with Gasteiger partial charge in [-0.05, 0) is 42.0 Å². The monoisotopic (exact) mass is 366 g/mol. The summed E-state index contributed by atoms with van der Waals surface area (Å²) in [4.78, 5) is 4.76. The first kappa shape index (κ1) is 18.0. The topological polar surface area (TPSA) is 67.6 Å². The van der Waals surface area contributed by atoms with Crippen LogP contribution in [0.2, 0.25) is 0 Å². The maximum Gasteiger partial charge on any atom is 0.0998 e. The molecular formula is C24H22N4.